The van der Waals surface area contributed by atoms with Gasteiger partial charge in [-0.2, -0.15) is 0 Å². The van der Waals surface area contributed by atoms with Crippen molar-refractivity contribution in [2.24, 2.45) is 0 Å². The molecule has 5 heteroatoms. The van der Waals surface area contributed by atoms with Gasteiger partial charge in [0, 0.05) is 18.5 Å². The maximum atomic E-state index is 9.97. The van der Waals surface area contributed by atoms with Crippen LogP contribution in [0.3, 0.4) is 0 Å². The number of aliphatic hydroxyl groups is 1. The molecule has 2 aliphatic heterocycles. The number of hydrogen-bond donors (Lipinski definition) is 1. The molecule has 1 fully saturated rings. The predicted octanol–water partition coefficient (Wildman–Crippen LogP) is 4.15. The number of ether oxygens (including phenoxy) is 2. The Labute approximate surface area is 185 Å². The smallest absolute Gasteiger partial charge is 0.158 e. The normalized spacial score (nSPS) is 21.6. The number of nitrogens with zero attached hydrogens (tertiary/aromatic N) is 1. The molecule has 0 radical (unpaired) electrons. The second-order valence-corrected chi connectivity index (χ2v) is 9.43. The van der Waals surface area contributed by atoms with Gasteiger partial charge in [0.05, 0.1) is 24.4 Å². The van der Waals surface area contributed by atoms with Gasteiger partial charge in [-0.3, -0.25) is 0 Å². The molecule has 1 N–H and O–H groups in total. The van der Waals surface area contributed by atoms with Crippen LogP contribution >= 0.6 is 0 Å². The maximum Gasteiger partial charge on any atom is 0.158 e. The highest BCUT2D eigenvalue weighted by molar-refractivity contribution is 6.15. The van der Waals surface area contributed by atoms with Crippen LogP contribution in [0, 0.1) is 0 Å². The van der Waals surface area contributed by atoms with Crippen molar-refractivity contribution in [1.29, 1.82) is 0 Å². The summed E-state index contributed by atoms with van der Waals surface area (Å²) in [7, 11) is 3.90. The highest BCUT2D eigenvalue weighted by Crippen LogP contribution is 2.46. The zero-order valence-corrected chi connectivity index (χ0v) is 18.6. The lowest BCUT2D eigenvalue weighted by Crippen LogP contribution is -2.37. The molecule has 0 aliphatic carbocycles. The Morgan fingerprint density at radius 2 is 1.84 bits per heavy atom. The molecule has 4 nitrogen and oxygen atoms in total. The number of piperidine rings is 1. The van der Waals surface area contributed by atoms with Crippen molar-refractivity contribution >= 4 is 24.3 Å². The summed E-state index contributed by atoms with van der Waals surface area (Å²) in [6, 6.07) is 17.3. The van der Waals surface area contributed by atoms with Crippen molar-refractivity contribution < 1.29 is 14.6 Å². The summed E-state index contributed by atoms with van der Waals surface area (Å²) in [5, 5.41) is 12.3. The van der Waals surface area contributed by atoms with Crippen molar-refractivity contribution in [1.82, 2.24) is 0 Å². The van der Waals surface area contributed by atoms with Crippen molar-refractivity contribution in [3.63, 3.8) is 0 Å². The molecule has 0 amide bonds. The molecule has 0 saturated carbocycles. The first-order chi connectivity index (χ1) is 14.9. The molecule has 1 atom stereocenters. The Kier molecular flexibility index (Phi) is 5.09. The molecule has 1 saturated heterocycles. The second kappa shape index (κ2) is 7.79. The number of aryl methyl sites for hydroxylation is 1. The number of hydrogen-bond acceptors (Lipinski definition) is 4. The van der Waals surface area contributed by atoms with Crippen LogP contribution < -0.4 is 14.4 Å². The molecule has 2 aliphatic rings. The van der Waals surface area contributed by atoms with Gasteiger partial charge < -0.3 is 19.5 Å². The number of benzene rings is 3. The summed E-state index contributed by atoms with van der Waals surface area (Å²) in [5.41, 5.74) is 4.63. The summed E-state index contributed by atoms with van der Waals surface area (Å²) < 4.78 is 12.4. The number of fused-ring (bicyclic) bond motifs is 3. The second-order valence-electron chi connectivity index (χ2n) is 9.43. The highest BCUT2D eigenvalue weighted by Gasteiger charge is 2.30. The number of methoxy groups -OCH3 is 1. The molecule has 0 bridgehead atoms. The average Bonchev–Trinajstić information content (AvgIpc) is 2.78. The van der Waals surface area contributed by atoms with Crippen LogP contribution in [-0.2, 0) is 6.42 Å². The van der Waals surface area contributed by atoms with E-state index >= 15 is 0 Å². The standard InChI is InChI=1S/C26H30BNO3/c1-26(27)11-8-18-14-20(17-6-4-3-5-7-17)21-15-23(28-12-9-19(29)10-13-28)24(30-2)16-22(21)25(18)31-26/h3-7,14-16,19,29H,8-13,27H2,1-2H3. The Balaban J connectivity index is 1.75. The Morgan fingerprint density at radius 1 is 1.10 bits per heavy atom. The Bertz CT molecular complexity index is 1100. The van der Waals surface area contributed by atoms with Gasteiger partial charge in [0.15, 0.2) is 7.85 Å². The highest BCUT2D eigenvalue weighted by atomic mass is 16.5. The molecule has 1 unspecified atom stereocenters. The van der Waals surface area contributed by atoms with E-state index in [0.29, 0.717) is 0 Å². The molecule has 5 rings (SSSR count). The van der Waals surface area contributed by atoms with E-state index in [0.717, 1.165) is 61.3 Å². The van der Waals surface area contributed by atoms with Crippen LogP contribution in [0.1, 0.15) is 31.7 Å². The first-order valence-corrected chi connectivity index (χ1v) is 11.3. The lowest BCUT2D eigenvalue weighted by Gasteiger charge is -2.35. The minimum Gasteiger partial charge on any atom is -0.496 e. The topological polar surface area (TPSA) is 41.9 Å². The average molecular weight is 415 g/mol. The van der Waals surface area contributed by atoms with Gasteiger partial charge in [0.25, 0.3) is 0 Å². The van der Waals surface area contributed by atoms with Gasteiger partial charge in [0.2, 0.25) is 0 Å². The Morgan fingerprint density at radius 3 is 2.55 bits per heavy atom. The third kappa shape index (κ3) is 3.76. The number of aliphatic hydroxyl groups excluding tert-OH is 1. The number of rotatable bonds is 3. The molecule has 0 aromatic heterocycles. The lowest BCUT2D eigenvalue weighted by atomic mass is 9.76. The van der Waals surface area contributed by atoms with E-state index in [2.05, 4.69) is 68.2 Å². The summed E-state index contributed by atoms with van der Waals surface area (Å²) in [4.78, 5) is 2.34. The van der Waals surface area contributed by atoms with E-state index in [9.17, 15) is 5.11 Å². The van der Waals surface area contributed by atoms with Crippen LogP contribution in [-0.4, -0.2) is 44.8 Å². The van der Waals surface area contributed by atoms with E-state index in [-0.39, 0.29) is 11.6 Å². The zero-order valence-electron chi connectivity index (χ0n) is 18.6. The molecule has 3 aromatic carbocycles. The van der Waals surface area contributed by atoms with Crippen molar-refractivity contribution in [3.8, 4) is 22.6 Å². The molecule has 3 aromatic rings. The van der Waals surface area contributed by atoms with Gasteiger partial charge in [-0.15, -0.1) is 0 Å². The summed E-state index contributed by atoms with van der Waals surface area (Å²) in [5.74, 6) is 1.85. The van der Waals surface area contributed by atoms with Gasteiger partial charge >= 0.3 is 0 Å². The van der Waals surface area contributed by atoms with Crippen molar-refractivity contribution in [2.75, 3.05) is 25.1 Å². The predicted molar refractivity (Wildman–Crippen MR) is 129 cm³/mol. The molecule has 31 heavy (non-hydrogen) atoms. The molecule has 0 spiro atoms. The van der Waals surface area contributed by atoms with E-state index in [1.54, 1.807) is 7.11 Å². The number of anilines is 1. The van der Waals surface area contributed by atoms with Crippen LogP contribution in [0.4, 0.5) is 5.69 Å². The van der Waals surface area contributed by atoms with Crippen LogP contribution in [0.2, 0.25) is 0 Å². The van der Waals surface area contributed by atoms with Gasteiger partial charge in [-0.05, 0) is 72.9 Å². The third-order valence-corrected chi connectivity index (χ3v) is 6.73. The van der Waals surface area contributed by atoms with Gasteiger partial charge in [-0.25, -0.2) is 0 Å². The van der Waals surface area contributed by atoms with E-state index in [1.807, 2.05) is 0 Å². The molecule has 2 heterocycles. The minimum absolute atomic E-state index is 0.177. The van der Waals surface area contributed by atoms with Crippen LogP contribution in [0.25, 0.3) is 21.9 Å². The fourth-order valence-electron chi connectivity index (χ4n) is 4.91. The van der Waals surface area contributed by atoms with E-state index < -0.39 is 0 Å². The van der Waals surface area contributed by atoms with Gasteiger partial charge in [0.1, 0.15) is 11.5 Å². The quantitative estimate of drug-likeness (QED) is 0.653. The van der Waals surface area contributed by atoms with Crippen LogP contribution in [0.5, 0.6) is 11.5 Å². The fraction of sp³-hybridized carbons (Fsp3) is 0.385. The first kappa shape index (κ1) is 20.3. The third-order valence-electron chi connectivity index (χ3n) is 6.73. The van der Waals surface area contributed by atoms with Gasteiger partial charge in [-0.1, -0.05) is 30.3 Å². The van der Waals surface area contributed by atoms with Crippen molar-refractivity contribution in [3.05, 3.63) is 54.1 Å². The summed E-state index contributed by atoms with van der Waals surface area (Å²) >= 11 is 0. The first-order valence-electron chi connectivity index (χ1n) is 11.3. The van der Waals surface area contributed by atoms with E-state index in [1.165, 1.54) is 22.1 Å². The zero-order chi connectivity index (χ0) is 21.6. The minimum atomic E-state index is -0.203. The Hall–Kier alpha value is -2.66. The summed E-state index contributed by atoms with van der Waals surface area (Å²) in [6.07, 6.45) is 3.38. The summed E-state index contributed by atoms with van der Waals surface area (Å²) in [6.45, 7) is 3.83. The SMILES string of the molecule is BC1(C)CCc2cc(-c3ccccc3)c3cc(N4CCC(O)CC4)c(OC)cc3c2O1. The maximum absolute atomic E-state index is 9.97. The van der Waals surface area contributed by atoms with E-state index in [4.69, 9.17) is 9.47 Å². The monoisotopic (exact) mass is 415 g/mol. The lowest BCUT2D eigenvalue weighted by molar-refractivity contribution is 0.145. The molecular weight excluding hydrogens is 385 g/mol. The molecule has 160 valence electrons. The molecular formula is C26H30BNO3. The van der Waals surface area contributed by atoms with Crippen molar-refractivity contribution in [2.45, 2.75) is 44.2 Å². The largest absolute Gasteiger partial charge is 0.496 e. The fourth-order valence-corrected chi connectivity index (χ4v) is 4.91. The van der Waals surface area contributed by atoms with Crippen LogP contribution in [0.15, 0.2) is 48.5 Å².